The van der Waals surface area contributed by atoms with E-state index in [1.54, 1.807) is 13.8 Å². The summed E-state index contributed by atoms with van der Waals surface area (Å²) in [6.07, 6.45) is 1.74. The Morgan fingerprint density at radius 3 is 2.18 bits per heavy atom. The second kappa shape index (κ2) is 7.30. The molecule has 0 rings (SSSR count). The van der Waals surface area contributed by atoms with E-state index in [0.29, 0.717) is 25.9 Å². The molecule has 0 heterocycles. The monoisotopic (exact) mass is 244 g/mol. The Hall–Kier alpha value is -1.06. The molecule has 0 unspecified atom stereocenters. The van der Waals surface area contributed by atoms with Crippen LogP contribution in [0.25, 0.3) is 0 Å². The van der Waals surface area contributed by atoms with E-state index in [2.05, 4.69) is 0 Å². The van der Waals surface area contributed by atoms with Crippen molar-refractivity contribution in [1.29, 1.82) is 0 Å². The number of rotatable bonds is 6. The fourth-order valence-electron chi connectivity index (χ4n) is 1.10. The third-order valence-corrected chi connectivity index (χ3v) is 1.91. The minimum Gasteiger partial charge on any atom is -0.465 e. The molecule has 0 atom stereocenters. The summed E-state index contributed by atoms with van der Waals surface area (Å²) in [5, 5.41) is 0. The van der Waals surface area contributed by atoms with E-state index in [4.69, 9.17) is 9.47 Å². The molecule has 0 radical (unpaired) electrons. The van der Waals surface area contributed by atoms with Crippen molar-refractivity contribution in [2.24, 2.45) is 5.92 Å². The molecule has 0 aliphatic rings. The number of carbonyl (C=O) groups is 2. The average molecular weight is 244 g/mol. The Balaban J connectivity index is 3.53. The number of hydrogen-bond acceptors (Lipinski definition) is 4. The molecule has 0 fully saturated rings. The quantitative estimate of drug-likeness (QED) is 0.532. The maximum absolute atomic E-state index is 11.3. The van der Waals surface area contributed by atoms with Gasteiger partial charge in [-0.2, -0.15) is 0 Å². The summed E-state index contributed by atoms with van der Waals surface area (Å²) in [4.78, 5) is 22.4. The molecule has 0 aliphatic carbocycles. The lowest BCUT2D eigenvalue weighted by Crippen LogP contribution is -2.23. The van der Waals surface area contributed by atoms with Crippen LogP contribution in [-0.4, -0.2) is 24.1 Å². The van der Waals surface area contributed by atoms with Gasteiger partial charge in [-0.25, -0.2) is 0 Å². The van der Waals surface area contributed by atoms with Crippen molar-refractivity contribution in [3.63, 3.8) is 0 Å². The number of unbranched alkanes of at least 4 members (excludes halogenated alkanes) is 1. The van der Waals surface area contributed by atoms with E-state index in [1.165, 1.54) is 0 Å². The van der Waals surface area contributed by atoms with Gasteiger partial charge in [-0.1, -0.05) is 13.8 Å². The average Bonchev–Trinajstić information content (AvgIpc) is 2.13. The van der Waals surface area contributed by atoms with Crippen molar-refractivity contribution in [2.75, 3.05) is 6.61 Å². The summed E-state index contributed by atoms with van der Waals surface area (Å²) in [5.74, 6) is -0.490. The summed E-state index contributed by atoms with van der Waals surface area (Å²) < 4.78 is 10.2. The molecule has 0 aromatic rings. The molecule has 0 bridgehead atoms. The number of carbonyl (C=O) groups excluding carboxylic acids is 2. The molecule has 17 heavy (non-hydrogen) atoms. The van der Waals surface area contributed by atoms with Gasteiger partial charge < -0.3 is 9.47 Å². The zero-order chi connectivity index (χ0) is 13.5. The highest BCUT2D eigenvalue weighted by Crippen LogP contribution is 2.10. The Kier molecular flexibility index (Phi) is 6.85. The van der Waals surface area contributed by atoms with E-state index in [0.717, 1.165) is 0 Å². The van der Waals surface area contributed by atoms with Crippen molar-refractivity contribution >= 4 is 11.9 Å². The Bertz CT molecular complexity index is 251. The van der Waals surface area contributed by atoms with Gasteiger partial charge in [0.1, 0.15) is 5.60 Å². The van der Waals surface area contributed by atoms with E-state index < -0.39 is 5.60 Å². The van der Waals surface area contributed by atoms with Crippen molar-refractivity contribution in [3.8, 4) is 0 Å². The van der Waals surface area contributed by atoms with Crippen LogP contribution in [0.3, 0.4) is 0 Å². The minimum absolute atomic E-state index is 0.0964. The predicted octanol–water partition coefficient (Wildman–Crippen LogP) is 2.70. The van der Waals surface area contributed by atoms with Crippen LogP contribution in [0.4, 0.5) is 0 Å². The molecule has 0 spiro atoms. The van der Waals surface area contributed by atoms with Crippen LogP contribution in [0, 0.1) is 5.92 Å². The van der Waals surface area contributed by atoms with Crippen LogP contribution in [0.5, 0.6) is 0 Å². The molecule has 4 heteroatoms. The first kappa shape index (κ1) is 15.9. The lowest BCUT2D eigenvalue weighted by atomic mass is 10.2. The standard InChI is InChI=1S/C13H24O4/c1-10(2)12(15)16-9-7-6-8-11(14)17-13(3,4)5/h10H,6-9H2,1-5H3. The number of esters is 2. The lowest BCUT2D eigenvalue weighted by molar-refractivity contribution is -0.154. The maximum Gasteiger partial charge on any atom is 0.308 e. The molecule has 0 aliphatic heterocycles. The second-order valence-electron chi connectivity index (χ2n) is 5.37. The van der Waals surface area contributed by atoms with E-state index in [-0.39, 0.29) is 17.9 Å². The van der Waals surface area contributed by atoms with Crippen LogP contribution in [0.15, 0.2) is 0 Å². The Labute approximate surface area is 104 Å². The molecule has 0 N–H and O–H groups in total. The first-order valence-electron chi connectivity index (χ1n) is 6.11. The van der Waals surface area contributed by atoms with Crippen molar-refractivity contribution in [3.05, 3.63) is 0 Å². The van der Waals surface area contributed by atoms with Gasteiger partial charge in [0.05, 0.1) is 12.5 Å². The van der Waals surface area contributed by atoms with Crippen LogP contribution in [0.1, 0.15) is 53.9 Å². The number of hydrogen-bond donors (Lipinski definition) is 0. The Morgan fingerprint density at radius 1 is 1.12 bits per heavy atom. The fourth-order valence-corrected chi connectivity index (χ4v) is 1.10. The topological polar surface area (TPSA) is 52.6 Å². The molecular formula is C13H24O4. The molecule has 0 amide bonds. The zero-order valence-electron chi connectivity index (χ0n) is 11.5. The molecule has 0 aromatic heterocycles. The summed E-state index contributed by atoms with van der Waals surface area (Å²) in [7, 11) is 0. The van der Waals surface area contributed by atoms with Gasteiger partial charge in [0, 0.05) is 6.42 Å². The van der Waals surface area contributed by atoms with Crippen LogP contribution in [-0.2, 0) is 19.1 Å². The molecule has 4 nitrogen and oxygen atoms in total. The van der Waals surface area contributed by atoms with Crippen molar-refractivity contribution in [2.45, 2.75) is 59.5 Å². The number of ether oxygens (including phenoxy) is 2. The van der Waals surface area contributed by atoms with Gasteiger partial charge >= 0.3 is 11.9 Å². The van der Waals surface area contributed by atoms with Gasteiger partial charge in [-0.15, -0.1) is 0 Å². The van der Waals surface area contributed by atoms with Gasteiger partial charge in [-0.3, -0.25) is 9.59 Å². The smallest absolute Gasteiger partial charge is 0.308 e. The molecular weight excluding hydrogens is 220 g/mol. The van der Waals surface area contributed by atoms with Crippen LogP contribution in [0.2, 0.25) is 0 Å². The van der Waals surface area contributed by atoms with Crippen LogP contribution >= 0.6 is 0 Å². The van der Waals surface area contributed by atoms with Crippen LogP contribution < -0.4 is 0 Å². The summed E-state index contributed by atoms with van der Waals surface area (Å²) in [6.45, 7) is 9.49. The first-order chi connectivity index (χ1) is 7.72. The first-order valence-corrected chi connectivity index (χ1v) is 6.11. The van der Waals surface area contributed by atoms with E-state index in [1.807, 2.05) is 20.8 Å². The third-order valence-electron chi connectivity index (χ3n) is 1.91. The summed E-state index contributed by atoms with van der Waals surface area (Å²) >= 11 is 0. The third kappa shape index (κ3) is 9.85. The molecule has 0 saturated carbocycles. The highest BCUT2D eigenvalue weighted by atomic mass is 16.6. The predicted molar refractivity (Wildman–Crippen MR) is 65.5 cm³/mol. The molecule has 0 aromatic carbocycles. The van der Waals surface area contributed by atoms with Crippen molar-refractivity contribution < 1.29 is 19.1 Å². The fraction of sp³-hybridized carbons (Fsp3) is 0.846. The molecule has 0 saturated heterocycles. The van der Waals surface area contributed by atoms with Gasteiger partial charge in [0.25, 0.3) is 0 Å². The summed E-state index contributed by atoms with van der Waals surface area (Å²) in [5.41, 5.74) is -0.429. The maximum atomic E-state index is 11.3. The van der Waals surface area contributed by atoms with Gasteiger partial charge in [-0.05, 0) is 33.6 Å². The second-order valence-corrected chi connectivity index (χ2v) is 5.37. The largest absolute Gasteiger partial charge is 0.465 e. The SMILES string of the molecule is CC(C)C(=O)OCCCCC(=O)OC(C)(C)C. The highest BCUT2D eigenvalue weighted by molar-refractivity contribution is 5.71. The van der Waals surface area contributed by atoms with Crippen molar-refractivity contribution in [1.82, 2.24) is 0 Å². The van der Waals surface area contributed by atoms with Gasteiger partial charge in [0.15, 0.2) is 0 Å². The lowest BCUT2D eigenvalue weighted by Gasteiger charge is -2.19. The normalized spacial score (nSPS) is 11.4. The minimum atomic E-state index is -0.429. The van der Waals surface area contributed by atoms with Gasteiger partial charge in [0.2, 0.25) is 0 Å². The molecule has 100 valence electrons. The zero-order valence-corrected chi connectivity index (χ0v) is 11.5. The summed E-state index contributed by atoms with van der Waals surface area (Å²) in [6, 6.07) is 0. The van der Waals surface area contributed by atoms with E-state index in [9.17, 15) is 9.59 Å². The van der Waals surface area contributed by atoms with E-state index >= 15 is 0 Å². The highest BCUT2D eigenvalue weighted by Gasteiger charge is 2.15. The Morgan fingerprint density at radius 2 is 1.71 bits per heavy atom.